The second-order valence-corrected chi connectivity index (χ2v) is 6.34. The average molecular weight is 341 g/mol. The Balaban J connectivity index is 1.71. The van der Waals surface area contributed by atoms with Crippen molar-refractivity contribution in [3.05, 3.63) is 30.0 Å². The largest absolute Gasteiger partial charge is 0.497 e. The molecule has 130 valence electrons. The zero-order valence-corrected chi connectivity index (χ0v) is 13.9. The first-order chi connectivity index (χ1) is 12.2. The molecule has 2 aromatic rings. The van der Waals surface area contributed by atoms with Gasteiger partial charge in [0.15, 0.2) is 5.82 Å². The van der Waals surface area contributed by atoms with Gasteiger partial charge in [0, 0.05) is 24.4 Å². The Morgan fingerprint density at radius 2 is 2.24 bits per heavy atom. The lowest BCUT2D eigenvalue weighted by atomic mass is 10.1. The number of methoxy groups -OCH3 is 1. The van der Waals surface area contributed by atoms with Gasteiger partial charge in [-0.2, -0.15) is 0 Å². The number of aromatic nitrogens is 2. The molecule has 4 rings (SSSR count). The minimum atomic E-state index is -0.997. The van der Waals surface area contributed by atoms with E-state index in [-0.39, 0.29) is 0 Å². The van der Waals surface area contributed by atoms with Gasteiger partial charge in [0.2, 0.25) is 0 Å². The van der Waals surface area contributed by atoms with Crippen LogP contribution in [0.25, 0.3) is 11.4 Å². The van der Waals surface area contributed by atoms with Gasteiger partial charge in [-0.05, 0) is 37.3 Å². The third-order valence-electron chi connectivity index (χ3n) is 4.53. The highest BCUT2D eigenvalue weighted by atomic mass is 16.5. The maximum absolute atomic E-state index is 11.4. The maximum Gasteiger partial charge on any atom is 0.413 e. The summed E-state index contributed by atoms with van der Waals surface area (Å²) in [6.45, 7) is 1.07. The molecule has 0 bridgehead atoms. The quantitative estimate of drug-likeness (QED) is 0.900. The minimum Gasteiger partial charge on any atom is -0.497 e. The van der Waals surface area contributed by atoms with Crippen LogP contribution in [-0.2, 0) is 6.42 Å². The van der Waals surface area contributed by atoms with Crippen molar-refractivity contribution in [3.8, 4) is 22.9 Å². The molecule has 25 heavy (non-hydrogen) atoms. The number of ether oxygens (including phenoxy) is 2. The molecule has 0 radical (unpaired) electrons. The second kappa shape index (κ2) is 6.23. The molecule has 0 spiro atoms. The van der Waals surface area contributed by atoms with Crippen molar-refractivity contribution in [1.82, 2.24) is 9.97 Å². The number of benzene rings is 1. The van der Waals surface area contributed by atoms with Crippen LogP contribution in [0.15, 0.2) is 24.4 Å². The first-order valence-electron chi connectivity index (χ1n) is 8.33. The fourth-order valence-electron chi connectivity index (χ4n) is 2.89. The van der Waals surface area contributed by atoms with Crippen molar-refractivity contribution in [2.75, 3.05) is 25.2 Å². The summed E-state index contributed by atoms with van der Waals surface area (Å²) in [6, 6.07) is 5.50. The molecule has 1 saturated carbocycles. The molecule has 2 aliphatic rings. The smallest absolute Gasteiger partial charge is 0.413 e. The van der Waals surface area contributed by atoms with Crippen molar-refractivity contribution >= 4 is 11.9 Å². The molecule has 1 N–H and O–H groups in total. The summed E-state index contributed by atoms with van der Waals surface area (Å²) in [5, 5.41) is 9.32. The zero-order valence-electron chi connectivity index (χ0n) is 13.9. The third kappa shape index (κ3) is 3.09. The Hall–Kier alpha value is -2.83. The number of amides is 1. The number of carboxylic acid groups (broad SMARTS) is 1. The summed E-state index contributed by atoms with van der Waals surface area (Å²) in [7, 11) is 1.61. The highest BCUT2D eigenvalue weighted by molar-refractivity contribution is 5.87. The normalized spacial score (nSPS) is 15.8. The Morgan fingerprint density at radius 1 is 1.40 bits per heavy atom. The molecule has 1 aliphatic heterocycles. The van der Waals surface area contributed by atoms with E-state index >= 15 is 0 Å². The van der Waals surface area contributed by atoms with Gasteiger partial charge in [-0.25, -0.2) is 14.8 Å². The molecule has 7 heteroatoms. The SMILES string of the molecule is COc1ccc(-c2ncc3c(n2)N(C(=O)O)CC3)c(OCC2CC2)c1. The molecule has 7 nitrogen and oxygen atoms in total. The van der Waals surface area contributed by atoms with Crippen LogP contribution in [0, 0.1) is 5.92 Å². The Labute approximate surface area is 145 Å². The van der Waals surface area contributed by atoms with Gasteiger partial charge in [0.1, 0.15) is 17.3 Å². The van der Waals surface area contributed by atoms with E-state index in [1.165, 1.54) is 17.7 Å². The van der Waals surface area contributed by atoms with Gasteiger partial charge in [-0.1, -0.05) is 0 Å². The van der Waals surface area contributed by atoms with Crippen LogP contribution in [0.1, 0.15) is 18.4 Å². The summed E-state index contributed by atoms with van der Waals surface area (Å²) < 4.78 is 11.2. The standard InChI is InChI=1S/C18H19N3O4/c1-24-13-4-5-14(15(8-13)25-10-11-2-3-11)16-19-9-12-6-7-21(18(22)23)17(12)20-16/h4-5,8-9,11H,2-3,6-7,10H2,1H3,(H,22,23). The van der Waals surface area contributed by atoms with Crippen LogP contribution in [-0.4, -0.2) is 41.4 Å². The van der Waals surface area contributed by atoms with E-state index in [1.54, 1.807) is 13.3 Å². The predicted molar refractivity (Wildman–Crippen MR) is 91.3 cm³/mol. The van der Waals surface area contributed by atoms with Crippen molar-refractivity contribution in [2.45, 2.75) is 19.3 Å². The number of fused-ring (bicyclic) bond motifs is 1. The van der Waals surface area contributed by atoms with E-state index in [1.807, 2.05) is 18.2 Å². The third-order valence-corrected chi connectivity index (χ3v) is 4.53. The summed E-state index contributed by atoms with van der Waals surface area (Å²) in [4.78, 5) is 21.5. The fraction of sp³-hybridized carbons (Fsp3) is 0.389. The second-order valence-electron chi connectivity index (χ2n) is 6.34. The van der Waals surface area contributed by atoms with Crippen LogP contribution < -0.4 is 14.4 Å². The van der Waals surface area contributed by atoms with Crippen LogP contribution in [0.3, 0.4) is 0 Å². The summed E-state index contributed by atoms with van der Waals surface area (Å²) in [6.07, 6.45) is 3.73. The molecule has 0 atom stereocenters. The number of carbonyl (C=O) groups is 1. The first kappa shape index (κ1) is 15.7. The van der Waals surface area contributed by atoms with E-state index in [0.29, 0.717) is 48.6 Å². The maximum atomic E-state index is 11.4. The number of rotatable bonds is 5. The number of nitrogens with zero attached hydrogens (tertiary/aromatic N) is 3. The molecule has 1 amide bonds. The summed E-state index contributed by atoms with van der Waals surface area (Å²) >= 11 is 0. The van der Waals surface area contributed by atoms with Gasteiger partial charge in [-0.15, -0.1) is 0 Å². The van der Waals surface area contributed by atoms with Crippen molar-refractivity contribution in [2.24, 2.45) is 5.92 Å². The van der Waals surface area contributed by atoms with Crippen LogP contribution in [0.5, 0.6) is 11.5 Å². The molecule has 0 unspecified atom stereocenters. The zero-order chi connectivity index (χ0) is 17.4. The molecule has 0 saturated heterocycles. The average Bonchev–Trinajstić information content (AvgIpc) is 3.36. The monoisotopic (exact) mass is 341 g/mol. The topological polar surface area (TPSA) is 84.8 Å². The molecule has 1 aromatic heterocycles. The molecule has 1 aliphatic carbocycles. The first-order valence-corrected chi connectivity index (χ1v) is 8.33. The highest BCUT2D eigenvalue weighted by Crippen LogP contribution is 2.36. The van der Waals surface area contributed by atoms with E-state index in [0.717, 1.165) is 11.1 Å². The number of hydrogen-bond acceptors (Lipinski definition) is 5. The van der Waals surface area contributed by atoms with E-state index in [4.69, 9.17) is 9.47 Å². The highest BCUT2D eigenvalue weighted by Gasteiger charge is 2.28. The van der Waals surface area contributed by atoms with E-state index < -0.39 is 6.09 Å². The Kier molecular flexibility index (Phi) is 3.91. The summed E-state index contributed by atoms with van der Waals surface area (Å²) in [5.74, 6) is 2.89. The van der Waals surface area contributed by atoms with Gasteiger partial charge in [0.05, 0.1) is 19.3 Å². The predicted octanol–water partition coefficient (Wildman–Crippen LogP) is 2.98. The molecule has 2 heterocycles. The van der Waals surface area contributed by atoms with Gasteiger partial charge in [0.25, 0.3) is 0 Å². The van der Waals surface area contributed by atoms with Crippen molar-refractivity contribution in [3.63, 3.8) is 0 Å². The Bertz CT molecular complexity index is 820. The molecule has 1 fully saturated rings. The van der Waals surface area contributed by atoms with Gasteiger partial charge in [-0.3, -0.25) is 4.90 Å². The van der Waals surface area contributed by atoms with Crippen LogP contribution >= 0.6 is 0 Å². The van der Waals surface area contributed by atoms with Crippen molar-refractivity contribution < 1.29 is 19.4 Å². The number of anilines is 1. The molecular weight excluding hydrogens is 322 g/mol. The van der Waals surface area contributed by atoms with Crippen LogP contribution in [0.4, 0.5) is 10.6 Å². The number of hydrogen-bond donors (Lipinski definition) is 1. The lowest BCUT2D eigenvalue weighted by Gasteiger charge is -2.14. The fourth-order valence-corrected chi connectivity index (χ4v) is 2.89. The summed E-state index contributed by atoms with van der Waals surface area (Å²) in [5.41, 5.74) is 1.58. The lowest BCUT2D eigenvalue weighted by molar-refractivity contribution is 0.202. The van der Waals surface area contributed by atoms with E-state index in [2.05, 4.69) is 9.97 Å². The van der Waals surface area contributed by atoms with Crippen LogP contribution in [0.2, 0.25) is 0 Å². The van der Waals surface area contributed by atoms with Gasteiger partial charge >= 0.3 is 6.09 Å². The van der Waals surface area contributed by atoms with Gasteiger partial charge < -0.3 is 14.6 Å². The minimum absolute atomic E-state index is 0.413. The van der Waals surface area contributed by atoms with E-state index in [9.17, 15) is 9.90 Å². The lowest BCUT2D eigenvalue weighted by Crippen LogP contribution is -2.27. The molecule has 1 aromatic carbocycles. The Morgan fingerprint density at radius 3 is 2.96 bits per heavy atom. The molecular formula is C18H19N3O4. The van der Waals surface area contributed by atoms with Crippen molar-refractivity contribution in [1.29, 1.82) is 0 Å².